The molecular formula is C12H18O6. The Morgan fingerprint density at radius 1 is 1.06 bits per heavy atom. The summed E-state index contributed by atoms with van der Waals surface area (Å²) in [6, 6.07) is 0. The van der Waals surface area contributed by atoms with E-state index in [1.807, 2.05) is 0 Å². The van der Waals surface area contributed by atoms with Gasteiger partial charge in [-0.2, -0.15) is 0 Å². The maximum Gasteiger partial charge on any atom is 0.330 e. The zero-order chi connectivity index (χ0) is 14.0. The second-order valence-electron chi connectivity index (χ2n) is 3.34. The molecule has 6 heteroatoms. The molecule has 0 spiro atoms. The molecule has 0 saturated carbocycles. The zero-order valence-corrected chi connectivity index (χ0v) is 10.6. The number of carbonyl (C=O) groups excluding carboxylic acids is 3. The average Bonchev–Trinajstić information content (AvgIpc) is 2.40. The van der Waals surface area contributed by atoms with E-state index in [4.69, 9.17) is 14.2 Å². The maximum absolute atomic E-state index is 11.1. The number of hydrogen-bond acceptors (Lipinski definition) is 6. The van der Waals surface area contributed by atoms with Crippen molar-refractivity contribution < 1.29 is 28.6 Å². The summed E-state index contributed by atoms with van der Waals surface area (Å²) in [6.45, 7) is 6.20. The topological polar surface area (TPSA) is 78.9 Å². The van der Waals surface area contributed by atoms with Crippen LogP contribution in [0.1, 0.15) is 26.7 Å². The maximum atomic E-state index is 11.1. The van der Waals surface area contributed by atoms with E-state index in [1.54, 1.807) is 13.8 Å². The van der Waals surface area contributed by atoms with Crippen LogP contribution in [-0.4, -0.2) is 37.2 Å². The van der Waals surface area contributed by atoms with Crippen molar-refractivity contribution in [2.24, 2.45) is 0 Å². The fourth-order valence-electron chi connectivity index (χ4n) is 0.907. The van der Waals surface area contributed by atoms with Gasteiger partial charge < -0.3 is 14.2 Å². The monoisotopic (exact) mass is 258 g/mol. The van der Waals surface area contributed by atoms with Crippen molar-refractivity contribution in [3.63, 3.8) is 0 Å². The minimum absolute atomic E-state index is 0.136. The second-order valence-corrected chi connectivity index (χ2v) is 3.34. The average molecular weight is 258 g/mol. The lowest BCUT2D eigenvalue weighted by Gasteiger charge is -2.17. The first-order chi connectivity index (χ1) is 8.53. The summed E-state index contributed by atoms with van der Waals surface area (Å²) < 4.78 is 14.5. The molecule has 0 bridgehead atoms. The molecule has 0 heterocycles. The number of rotatable bonds is 8. The standard InChI is InChI=1S/C12H18O6/c1-4-10(13)16-7-9(18-12(15)6-3)8-17-11(14)5-2/h4,9H,1,5-8H2,2-3H3. The van der Waals surface area contributed by atoms with Crippen molar-refractivity contribution in [2.45, 2.75) is 32.8 Å². The Labute approximate surface area is 106 Å². The highest BCUT2D eigenvalue weighted by molar-refractivity contribution is 5.81. The molecule has 0 aliphatic carbocycles. The molecule has 0 radical (unpaired) electrons. The molecule has 0 saturated heterocycles. The van der Waals surface area contributed by atoms with Crippen LogP contribution in [0.2, 0.25) is 0 Å². The van der Waals surface area contributed by atoms with Gasteiger partial charge in [0.05, 0.1) is 0 Å². The number of hydrogen-bond donors (Lipinski definition) is 0. The van der Waals surface area contributed by atoms with Gasteiger partial charge in [0.15, 0.2) is 6.10 Å². The van der Waals surface area contributed by atoms with Crippen LogP contribution in [0.15, 0.2) is 12.7 Å². The molecule has 0 aromatic carbocycles. The van der Waals surface area contributed by atoms with Gasteiger partial charge in [-0.15, -0.1) is 0 Å². The molecule has 0 N–H and O–H groups in total. The Kier molecular flexibility index (Phi) is 8.26. The Bertz CT molecular complexity index is 310. The Morgan fingerprint density at radius 3 is 2.11 bits per heavy atom. The molecule has 1 unspecified atom stereocenters. The van der Waals surface area contributed by atoms with Crippen LogP contribution in [0.25, 0.3) is 0 Å². The van der Waals surface area contributed by atoms with Gasteiger partial charge in [0.1, 0.15) is 13.2 Å². The highest BCUT2D eigenvalue weighted by Gasteiger charge is 2.17. The molecule has 18 heavy (non-hydrogen) atoms. The first kappa shape index (κ1) is 16.1. The third kappa shape index (κ3) is 7.43. The molecular weight excluding hydrogens is 240 g/mol. The molecule has 0 amide bonds. The highest BCUT2D eigenvalue weighted by Crippen LogP contribution is 2.00. The SMILES string of the molecule is C=CC(=O)OCC(COC(=O)CC)OC(=O)CC. The van der Waals surface area contributed by atoms with Crippen molar-refractivity contribution in [1.82, 2.24) is 0 Å². The van der Waals surface area contributed by atoms with E-state index in [0.717, 1.165) is 6.08 Å². The molecule has 6 nitrogen and oxygen atoms in total. The van der Waals surface area contributed by atoms with Crippen molar-refractivity contribution in [1.29, 1.82) is 0 Å². The summed E-state index contributed by atoms with van der Waals surface area (Å²) in [7, 11) is 0. The molecule has 0 aliphatic heterocycles. The summed E-state index contributed by atoms with van der Waals surface area (Å²) in [5.41, 5.74) is 0. The van der Waals surface area contributed by atoms with Gasteiger partial charge in [0, 0.05) is 18.9 Å². The Morgan fingerprint density at radius 2 is 1.61 bits per heavy atom. The van der Waals surface area contributed by atoms with Gasteiger partial charge in [-0.05, 0) is 0 Å². The van der Waals surface area contributed by atoms with E-state index in [0.29, 0.717) is 0 Å². The smallest absolute Gasteiger partial charge is 0.330 e. The minimum atomic E-state index is -0.795. The van der Waals surface area contributed by atoms with Gasteiger partial charge in [-0.25, -0.2) is 4.79 Å². The zero-order valence-electron chi connectivity index (χ0n) is 10.6. The van der Waals surface area contributed by atoms with Crippen LogP contribution >= 0.6 is 0 Å². The fraction of sp³-hybridized carbons (Fsp3) is 0.583. The summed E-state index contributed by atoms with van der Waals surface area (Å²) in [5, 5.41) is 0. The molecule has 0 aromatic heterocycles. The van der Waals surface area contributed by atoms with E-state index in [-0.39, 0.29) is 26.1 Å². The van der Waals surface area contributed by atoms with Crippen LogP contribution in [0.3, 0.4) is 0 Å². The van der Waals surface area contributed by atoms with Crippen molar-refractivity contribution in [3.05, 3.63) is 12.7 Å². The van der Waals surface area contributed by atoms with E-state index in [1.165, 1.54) is 0 Å². The minimum Gasteiger partial charge on any atom is -0.462 e. The number of carbonyl (C=O) groups is 3. The molecule has 0 aromatic rings. The largest absolute Gasteiger partial charge is 0.462 e. The third-order valence-corrected chi connectivity index (χ3v) is 1.88. The summed E-state index contributed by atoms with van der Waals surface area (Å²) in [4.78, 5) is 33.0. The molecule has 0 aliphatic rings. The first-order valence-corrected chi connectivity index (χ1v) is 5.67. The van der Waals surface area contributed by atoms with Gasteiger partial charge in [-0.3, -0.25) is 9.59 Å². The van der Waals surface area contributed by atoms with Gasteiger partial charge in [-0.1, -0.05) is 20.4 Å². The summed E-state index contributed by atoms with van der Waals surface area (Å²) in [6.07, 6.45) is 0.613. The van der Waals surface area contributed by atoms with E-state index in [2.05, 4.69) is 6.58 Å². The van der Waals surface area contributed by atoms with E-state index < -0.39 is 24.0 Å². The number of ether oxygens (including phenoxy) is 3. The molecule has 0 rings (SSSR count). The summed E-state index contributed by atoms with van der Waals surface area (Å²) in [5.74, 6) is -1.50. The lowest BCUT2D eigenvalue weighted by molar-refractivity contribution is -0.165. The normalized spacial score (nSPS) is 11.2. The molecule has 102 valence electrons. The number of esters is 3. The lowest BCUT2D eigenvalue weighted by atomic mass is 10.4. The van der Waals surface area contributed by atoms with Gasteiger partial charge in [0.2, 0.25) is 0 Å². The molecule has 0 fully saturated rings. The van der Waals surface area contributed by atoms with Crippen LogP contribution < -0.4 is 0 Å². The van der Waals surface area contributed by atoms with Crippen molar-refractivity contribution in [3.8, 4) is 0 Å². The second kappa shape index (κ2) is 9.21. The Hall–Kier alpha value is -1.85. The predicted molar refractivity (Wildman–Crippen MR) is 62.6 cm³/mol. The van der Waals surface area contributed by atoms with Crippen molar-refractivity contribution in [2.75, 3.05) is 13.2 Å². The Balaban J connectivity index is 4.23. The van der Waals surface area contributed by atoms with Crippen molar-refractivity contribution >= 4 is 17.9 Å². The predicted octanol–water partition coefficient (Wildman–Crippen LogP) is 0.991. The lowest BCUT2D eigenvalue weighted by Crippen LogP contribution is -2.30. The van der Waals surface area contributed by atoms with Crippen LogP contribution in [-0.2, 0) is 28.6 Å². The summed E-state index contributed by atoms with van der Waals surface area (Å²) >= 11 is 0. The van der Waals surface area contributed by atoms with E-state index in [9.17, 15) is 14.4 Å². The quantitative estimate of drug-likeness (QED) is 0.367. The highest BCUT2D eigenvalue weighted by atomic mass is 16.6. The first-order valence-electron chi connectivity index (χ1n) is 5.67. The van der Waals surface area contributed by atoms with Gasteiger partial charge in [0.25, 0.3) is 0 Å². The molecule has 1 atom stereocenters. The van der Waals surface area contributed by atoms with Crippen LogP contribution in [0.5, 0.6) is 0 Å². The van der Waals surface area contributed by atoms with Crippen LogP contribution in [0, 0.1) is 0 Å². The van der Waals surface area contributed by atoms with Crippen LogP contribution in [0.4, 0.5) is 0 Å². The fourth-order valence-corrected chi connectivity index (χ4v) is 0.907. The van der Waals surface area contributed by atoms with Gasteiger partial charge >= 0.3 is 17.9 Å². The third-order valence-electron chi connectivity index (χ3n) is 1.88. The van der Waals surface area contributed by atoms with E-state index >= 15 is 0 Å².